The molecule has 8 heteroatoms. The summed E-state index contributed by atoms with van der Waals surface area (Å²) in [6.45, 7) is 2.24. The molecule has 3 aromatic rings. The standard InChI is InChI=1S/C20H20N2O5S/c1-4-27-16-8-6-5-7-14(16)19(24)21-20-22(12-18(23)26-3)15-10-9-13(25-2)11-17(15)28-20/h5-11H,4,12H2,1-3H3. The van der Waals surface area contributed by atoms with Crippen molar-refractivity contribution in [3.05, 3.63) is 52.8 Å². The van der Waals surface area contributed by atoms with E-state index in [1.165, 1.54) is 18.4 Å². The number of hydrogen-bond donors (Lipinski definition) is 0. The van der Waals surface area contributed by atoms with Crippen LogP contribution in [0.2, 0.25) is 0 Å². The Bertz CT molecular complexity index is 1080. The molecular formula is C20H20N2O5S. The normalized spacial score (nSPS) is 11.5. The highest BCUT2D eigenvalue weighted by Crippen LogP contribution is 2.24. The maximum atomic E-state index is 12.8. The monoisotopic (exact) mass is 400 g/mol. The van der Waals surface area contributed by atoms with E-state index in [-0.39, 0.29) is 6.54 Å². The summed E-state index contributed by atoms with van der Waals surface area (Å²) in [5.41, 5.74) is 1.13. The summed E-state index contributed by atoms with van der Waals surface area (Å²) in [5.74, 6) is 0.278. The van der Waals surface area contributed by atoms with Gasteiger partial charge < -0.3 is 18.8 Å². The molecule has 3 rings (SSSR count). The van der Waals surface area contributed by atoms with E-state index in [1.54, 1.807) is 42.0 Å². The van der Waals surface area contributed by atoms with Crippen molar-refractivity contribution in [2.75, 3.05) is 20.8 Å². The molecule has 2 aromatic carbocycles. The third kappa shape index (κ3) is 4.07. The van der Waals surface area contributed by atoms with E-state index < -0.39 is 11.9 Å². The zero-order valence-corrected chi connectivity index (χ0v) is 16.6. The van der Waals surface area contributed by atoms with Gasteiger partial charge in [-0.15, -0.1) is 0 Å². The molecule has 0 fully saturated rings. The van der Waals surface area contributed by atoms with Crippen molar-refractivity contribution in [3.63, 3.8) is 0 Å². The van der Waals surface area contributed by atoms with Gasteiger partial charge in [0.2, 0.25) is 0 Å². The highest BCUT2D eigenvalue weighted by atomic mass is 32.1. The predicted molar refractivity (Wildman–Crippen MR) is 106 cm³/mol. The second kappa shape index (κ2) is 8.71. The highest BCUT2D eigenvalue weighted by Gasteiger charge is 2.15. The Balaban J connectivity index is 2.14. The highest BCUT2D eigenvalue weighted by molar-refractivity contribution is 7.16. The summed E-state index contributed by atoms with van der Waals surface area (Å²) in [7, 11) is 2.90. The number of hydrogen-bond acceptors (Lipinski definition) is 6. The Morgan fingerprint density at radius 3 is 2.64 bits per heavy atom. The molecule has 28 heavy (non-hydrogen) atoms. The van der Waals surface area contributed by atoms with Crippen LogP contribution in [0, 0.1) is 0 Å². The van der Waals surface area contributed by atoms with E-state index >= 15 is 0 Å². The van der Waals surface area contributed by atoms with Gasteiger partial charge in [0.05, 0.1) is 36.6 Å². The van der Waals surface area contributed by atoms with Gasteiger partial charge in [0.15, 0.2) is 4.80 Å². The first-order valence-corrected chi connectivity index (χ1v) is 9.44. The number of carbonyl (C=O) groups is 2. The molecule has 0 N–H and O–H groups in total. The fourth-order valence-corrected chi connectivity index (χ4v) is 3.74. The fraction of sp³-hybridized carbons (Fsp3) is 0.250. The van der Waals surface area contributed by atoms with Crippen molar-refractivity contribution < 1.29 is 23.8 Å². The Kier molecular flexibility index (Phi) is 6.10. The van der Waals surface area contributed by atoms with Crippen molar-refractivity contribution in [2.45, 2.75) is 13.5 Å². The molecule has 7 nitrogen and oxygen atoms in total. The van der Waals surface area contributed by atoms with Gasteiger partial charge in [-0.25, -0.2) is 0 Å². The molecule has 0 bridgehead atoms. The minimum absolute atomic E-state index is 0.0535. The van der Waals surface area contributed by atoms with Crippen molar-refractivity contribution in [3.8, 4) is 11.5 Å². The van der Waals surface area contributed by atoms with Crippen molar-refractivity contribution in [1.29, 1.82) is 0 Å². The van der Waals surface area contributed by atoms with E-state index in [4.69, 9.17) is 14.2 Å². The molecule has 0 atom stereocenters. The SMILES string of the molecule is CCOc1ccccc1C(=O)N=c1sc2cc(OC)ccc2n1CC(=O)OC. The van der Waals surface area contributed by atoms with Crippen LogP contribution in [-0.2, 0) is 16.1 Å². The van der Waals surface area contributed by atoms with Gasteiger partial charge in [-0.2, -0.15) is 4.99 Å². The quantitative estimate of drug-likeness (QED) is 0.594. The Hall–Kier alpha value is -3.13. The van der Waals surface area contributed by atoms with Crippen molar-refractivity contribution in [2.24, 2.45) is 4.99 Å². The number of esters is 1. The number of carbonyl (C=O) groups excluding carboxylic acids is 2. The van der Waals surface area contributed by atoms with Crippen LogP contribution in [0.15, 0.2) is 47.5 Å². The number of amides is 1. The first kappa shape index (κ1) is 19.6. The second-order valence-corrected chi connectivity index (χ2v) is 6.74. The lowest BCUT2D eigenvalue weighted by Crippen LogP contribution is -2.22. The van der Waals surface area contributed by atoms with Gasteiger partial charge in [-0.1, -0.05) is 23.5 Å². The Morgan fingerprint density at radius 1 is 1.14 bits per heavy atom. The second-order valence-electron chi connectivity index (χ2n) is 5.73. The summed E-state index contributed by atoms with van der Waals surface area (Å²) in [6, 6.07) is 12.4. The molecular weight excluding hydrogens is 380 g/mol. The zero-order chi connectivity index (χ0) is 20.1. The van der Waals surface area contributed by atoms with Gasteiger partial charge in [-0.05, 0) is 37.3 Å². The smallest absolute Gasteiger partial charge is 0.325 e. The summed E-state index contributed by atoms with van der Waals surface area (Å²) < 4.78 is 18.1. The van der Waals surface area contributed by atoms with Gasteiger partial charge in [0, 0.05) is 0 Å². The molecule has 0 aliphatic rings. The molecule has 0 saturated heterocycles. The number of methoxy groups -OCH3 is 2. The molecule has 1 heterocycles. The summed E-state index contributed by atoms with van der Waals surface area (Å²) in [6.07, 6.45) is 0. The van der Waals surface area contributed by atoms with Crippen LogP contribution >= 0.6 is 11.3 Å². The summed E-state index contributed by atoms with van der Waals surface area (Å²) in [5, 5.41) is 0. The van der Waals surface area contributed by atoms with Crippen LogP contribution in [0.3, 0.4) is 0 Å². The van der Waals surface area contributed by atoms with Gasteiger partial charge in [-0.3, -0.25) is 9.59 Å². The molecule has 0 radical (unpaired) electrons. The largest absolute Gasteiger partial charge is 0.497 e. The van der Waals surface area contributed by atoms with E-state index in [9.17, 15) is 9.59 Å². The average Bonchev–Trinajstić information content (AvgIpc) is 3.04. The molecule has 0 aliphatic carbocycles. The third-order valence-electron chi connectivity index (χ3n) is 4.02. The topological polar surface area (TPSA) is 79.1 Å². The number of fused-ring (bicyclic) bond motifs is 1. The van der Waals surface area contributed by atoms with Gasteiger partial charge >= 0.3 is 5.97 Å². The third-order valence-corrected chi connectivity index (χ3v) is 5.06. The van der Waals surface area contributed by atoms with Crippen LogP contribution in [0.25, 0.3) is 10.2 Å². The number of ether oxygens (including phenoxy) is 3. The van der Waals surface area contributed by atoms with E-state index in [2.05, 4.69) is 4.99 Å². The minimum atomic E-state index is -0.443. The molecule has 0 spiro atoms. The first-order chi connectivity index (χ1) is 13.6. The van der Waals surface area contributed by atoms with Crippen LogP contribution in [0.1, 0.15) is 17.3 Å². The maximum absolute atomic E-state index is 12.8. The van der Waals surface area contributed by atoms with Crippen LogP contribution < -0.4 is 14.3 Å². The number of para-hydroxylation sites is 1. The van der Waals surface area contributed by atoms with Crippen molar-refractivity contribution >= 4 is 33.4 Å². The Morgan fingerprint density at radius 2 is 1.93 bits per heavy atom. The van der Waals surface area contributed by atoms with Crippen LogP contribution in [0.4, 0.5) is 0 Å². The number of thiazole rings is 1. The van der Waals surface area contributed by atoms with Crippen LogP contribution in [0.5, 0.6) is 11.5 Å². The number of aromatic nitrogens is 1. The fourth-order valence-electron chi connectivity index (χ4n) is 2.68. The molecule has 146 valence electrons. The molecule has 1 aromatic heterocycles. The predicted octanol–water partition coefficient (Wildman–Crippen LogP) is 3.02. The summed E-state index contributed by atoms with van der Waals surface area (Å²) in [4.78, 5) is 29.4. The minimum Gasteiger partial charge on any atom is -0.497 e. The number of rotatable bonds is 6. The van der Waals surface area contributed by atoms with E-state index in [1.807, 2.05) is 19.1 Å². The molecule has 0 aliphatic heterocycles. The van der Waals surface area contributed by atoms with E-state index in [0.717, 1.165) is 10.2 Å². The number of nitrogens with zero attached hydrogens (tertiary/aromatic N) is 2. The van der Waals surface area contributed by atoms with Crippen LogP contribution in [-0.4, -0.2) is 37.3 Å². The lowest BCUT2D eigenvalue weighted by Gasteiger charge is -2.07. The molecule has 0 unspecified atom stereocenters. The molecule has 0 saturated carbocycles. The zero-order valence-electron chi connectivity index (χ0n) is 15.8. The number of benzene rings is 2. The summed E-state index contributed by atoms with van der Waals surface area (Å²) >= 11 is 1.29. The first-order valence-electron chi connectivity index (χ1n) is 8.62. The van der Waals surface area contributed by atoms with Gasteiger partial charge in [0.25, 0.3) is 5.91 Å². The average molecular weight is 400 g/mol. The lowest BCUT2D eigenvalue weighted by atomic mass is 10.2. The maximum Gasteiger partial charge on any atom is 0.325 e. The van der Waals surface area contributed by atoms with Crippen molar-refractivity contribution in [1.82, 2.24) is 4.57 Å². The lowest BCUT2D eigenvalue weighted by molar-refractivity contribution is -0.141. The van der Waals surface area contributed by atoms with E-state index in [0.29, 0.717) is 28.5 Å². The Labute approximate surface area is 165 Å². The molecule has 1 amide bonds. The van der Waals surface area contributed by atoms with Gasteiger partial charge in [0.1, 0.15) is 18.0 Å².